The highest BCUT2D eigenvalue weighted by Crippen LogP contribution is 2.31. The van der Waals surface area contributed by atoms with E-state index in [-0.39, 0.29) is 12.1 Å². The minimum absolute atomic E-state index is 0.0796. The van der Waals surface area contributed by atoms with Gasteiger partial charge in [-0.25, -0.2) is 0 Å². The monoisotopic (exact) mass is 212 g/mol. The summed E-state index contributed by atoms with van der Waals surface area (Å²) < 4.78 is 36.8. The molecule has 0 aliphatic heterocycles. The van der Waals surface area contributed by atoms with Gasteiger partial charge in [0.2, 0.25) is 0 Å². The molecule has 5 heteroatoms. The predicted molar refractivity (Wildman–Crippen MR) is 49.8 cm³/mol. The van der Waals surface area contributed by atoms with Crippen LogP contribution in [0.2, 0.25) is 0 Å². The van der Waals surface area contributed by atoms with E-state index in [2.05, 4.69) is 4.99 Å². The number of hydrogen-bond acceptors (Lipinski definition) is 2. The molecule has 0 amide bonds. The van der Waals surface area contributed by atoms with Gasteiger partial charge in [-0.05, 0) is 18.2 Å². The van der Waals surface area contributed by atoms with Crippen LogP contribution in [0.3, 0.4) is 0 Å². The molecule has 0 saturated heterocycles. The van der Waals surface area contributed by atoms with Gasteiger partial charge in [-0.15, -0.1) is 0 Å². The van der Waals surface area contributed by atoms with Gasteiger partial charge in [-0.1, -0.05) is 6.07 Å². The van der Waals surface area contributed by atoms with E-state index in [1.54, 1.807) is 0 Å². The van der Waals surface area contributed by atoms with E-state index in [1.807, 2.05) is 6.07 Å². The molecule has 0 saturated carbocycles. The molecule has 0 N–H and O–H groups in total. The lowest BCUT2D eigenvalue weighted by atomic mass is 10.2. The Morgan fingerprint density at radius 3 is 2.73 bits per heavy atom. The molecular formula is C10H7F3N2. The van der Waals surface area contributed by atoms with Crippen molar-refractivity contribution < 1.29 is 13.2 Å². The van der Waals surface area contributed by atoms with Crippen LogP contribution in [-0.2, 0) is 6.18 Å². The Balaban J connectivity index is 2.89. The minimum Gasteiger partial charge on any atom is -0.260 e. The maximum Gasteiger partial charge on any atom is 0.416 e. The Labute approximate surface area is 84.7 Å². The number of nitriles is 1. The molecule has 0 heterocycles. The summed E-state index contributed by atoms with van der Waals surface area (Å²) in [4.78, 5) is 3.72. The Hall–Kier alpha value is -1.83. The zero-order chi connectivity index (χ0) is 11.3. The zero-order valence-corrected chi connectivity index (χ0v) is 7.62. The molecule has 78 valence electrons. The lowest BCUT2D eigenvalue weighted by Gasteiger charge is -2.06. The van der Waals surface area contributed by atoms with Gasteiger partial charge in [0.05, 0.1) is 23.7 Å². The van der Waals surface area contributed by atoms with Gasteiger partial charge in [0.25, 0.3) is 0 Å². The third-order valence-corrected chi connectivity index (χ3v) is 1.60. The van der Waals surface area contributed by atoms with Crippen molar-refractivity contribution in [3.8, 4) is 6.07 Å². The van der Waals surface area contributed by atoms with Crippen molar-refractivity contribution in [2.45, 2.75) is 12.6 Å². The fourth-order valence-electron chi connectivity index (χ4n) is 0.954. The summed E-state index contributed by atoms with van der Waals surface area (Å²) >= 11 is 0. The second-order valence-electron chi connectivity index (χ2n) is 2.72. The van der Waals surface area contributed by atoms with Crippen molar-refractivity contribution in [3.63, 3.8) is 0 Å². The molecule has 0 aliphatic rings. The topological polar surface area (TPSA) is 36.1 Å². The van der Waals surface area contributed by atoms with E-state index < -0.39 is 11.7 Å². The Bertz CT molecular complexity index is 402. The third kappa shape index (κ3) is 3.43. The Kier molecular flexibility index (Phi) is 3.45. The van der Waals surface area contributed by atoms with Crippen LogP contribution in [0.5, 0.6) is 0 Å². The molecule has 0 fully saturated rings. The molecule has 2 nitrogen and oxygen atoms in total. The summed E-state index contributed by atoms with van der Waals surface area (Å²) in [5, 5.41) is 8.21. The third-order valence-electron chi connectivity index (χ3n) is 1.60. The molecule has 0 radical (unpaired) electrons. The molecule has 1 aromatic carbocycles. The van der Waals surface area contributed by atoms with E-state index in [4.69, 9.17) is 5.26 Å². The molecule has 0 bridgehead atoms. The van der Waals surface area contributed by atoms with Crippen molar-refractivity contribution in [1.82, 2.24) is 0 Å². The molecule has 1 aromatic rings. The highest BCUT2D eigenvalue weighted by Gasteiger charge is 2.30. The average Bonchev–Trinajstić information content (AvgIpc) is 2.17. The summed E-state index contributed by atoms with van der Waals surface area (Å²) in [6.07, 6.45) is -3.01. The van der Waals surface area contributed by atoms with Crippen LogP contribution in [0.25, 0.3) is 0 Å². The summed E-state index contributed by atoms with van der Waals surface area (Å²) in [7, 11) is 0. The SMILES string of the molecule is N#CCC=Nc1cccc(C(F)(F)F)c1. The summed E-state index contributed by atoms with van der Waals surface area (Å²) in [6.45, 7) is 0. The van der Waals surface area contributed by atoms with Gasteiger partial charge in [0, 0.05) is 6.21 Å². The van der Waals surface area contributed by atoms with Crippen LogP contribution in [0.1, 0.15) is 12.0 Å². The lowest BCUT2D eigenvalue weighted by molar-refractivity contribution is -0.137. The molecule has 1 rings (SSSR count). The maximum absolute atomic E-state index is 12.3. The predicted octanol–water partition coefficient (Wildman–Crippen LogP) is 3.32. The number of hydrogen-bond donors (Lipinski definition) is 0. The lowest BCUT2D eigenvalue weighted by Crippen LogP contribution is -2.03. The smallest absolute Gasteiger partial charge is 0.260 e. The largest absolute Gasteiger partial charge is 0.416 e. The van der Waals surface area contributed by atoms with Crippen LogP contribution in [0.4, 0.5) is 18.9 Å². The van der Waals surface area contributed by atoms with Crippen molar-refractivity contribution >= 4 is 11.9 Å². The van der Waals surface area contributed by atoms with Gasteiger partial charge in [-0.2, -0.15) is 18.4 Å². The first-order valence-corrected chi connectivity index (χ1v) is 4.11. The Morgan fingerprint density at radius 2 is 2.13 bits per heavy atom. The molecule has 0 aliphatic carbocycles. The standard InChI is InChI=1S/C10H7F3N2/c11-10(12,13)8-3-1-4-9(7-8)15-6-2-5-14/h1,3-4,6-7H,2H2. The summed E-state index contributed by atoms with van der Waals surface area (Å²) in [5.74, 6) is 0. The van der Waals surface area contributed by atoms with E-state index in [0.29, 0.717) is 0 Å². The van der Waals surface area contributed by atoms with Crippen molar-refractivity contribution in [2.24, 2.45) is 4.99 Å². The van der Waals surface area contributed by atoms with Crippen molar-refractivity contribution in [3.05, 3.63) is 29.8 Å². The minimum atomic E-state index is -4.36. The van der Waals surface area contributed by atoms with Gasteiger partial charge >= 0.3 is 6.18 Å². The first-order chi connectivity index (χ1) is 7.04. The number of rotatable bonds is 2. The molecule has 0 spiro atoms. The van der Waals surface area contributed by atoms with E-state index in [1.165, 1.54) is 18.3 Å². The molecular weight excluding hydrogens is 205 g/mol. The summed E-state index contributed by atoms with van der Waals surface area (Å²) in [5.41, 5.74) is -0.547. The van der Waals surface area contributed by atoms with E-state index in [9.17, 15) is 13.2 Å². The number of aliphatic imine (C=N–C) groups is 1. The molecule has 0 atom stereocenters. The van der Waals surface area contributed by atoms with Crippen LogP contribution in [0.15, 0.2) is 29.3 Å². The van der Waals surface area contributed by atoms with Crippen LogP contribution >= 0.6 is 0 Å². The van der Waals surface area contributed by atoms with E-state index in [0.717, 1.165) is 12.1 Å². The molecule has 0 aromatic heterocycles. The van der Waals surface area contributed by atoms with Gasteiger partial charge in [-0.3, -0.25) is 4.99 Å². The van der Waals surface area contributed by atoms with Gasteiger partial charge < -0.3 is 0 Å². The van der Waals surface area contributed by atoms with Crippen molar-refractivity contribution in [2.75, 3.05) is 0 Å². The number of alkyl halides is 3. The van der Waals surface area contributed by atoms with Gasteiger partial charge in [0.15, 0.2) is 0 Å². The van der Waals surface area contributed by atoms with Crippen molar-refractivity contribution in [1.29, 1.82) is 5.26 Å². The maximum atomic E-state index is 12.3. The average molecular weight is 212 g/mol. The first kappa shape index (κ1) is 11.2. The second-order valence-corrected chi connectivity index (χ2v) is 2.72. The highest BCUT2D eigenvalue weighted by atomic mass is 19.4. The number of halogens is 3. The van der Waals surface area contributed by atoms with Crippen LogP contribution < -0.4 is 0 Å². The highest BCUT2D eigenvalue weighted by molar-refractivity contribution is 5.65. The molecule has 15 heavy (non-hydrogen) atoms. The van der Waals surface area contributed by atoms with Crippen LogP contribution in [-0.4, -0.2) is 6.21 Å². The fourth-order valence-corrected chi connectivity index (χ4v) is 0.954. The van der Waals surface area contributed by atoms with Gasteiger partial charge in [0.1, 0.15) is 0 Å². The normalized spacial score (nSPS) is 11.6. The summed E-state index contributed by atoms with van der Waals surface area (Å²) in [6, 6.07) is 6.45. The quantitative estimate of drug-likeness (QED) is 0.692. The fraction of sp³-hybridized carbons (Fsp3) is 0.200. The number of nitrogens with zero attached hydrogens (tertiary/aromatic N) is 2. The van der Waals surface area contributed by atoms with Crippen LogP contribution in [0, 0.1) is 11.3 Å². The Morgan fingerprint density at radius 1 is 1.40 bits per heavy atom. The first-order valence-electron chi connectivity index (χ1n) is 4.11. The molecule has 0 unspecified atom stereocenters. The van der Waals surface area contributed by atoms with E-state index >= 15 is 0 Å². The zero-order valence-electron chi connectivity index (χ0n) is 7.62. The second kappa shape index (κ2) is 4.60. The number of benzene rings is 1.